The highest BCUT2D eigenvalue weighted by atomic mass is 15.1. The van der Waals surface area contributed by atoms with Gasteiger partial charge in [-0.15, -0.1) is 0 Å². The molecule has 1 rings (SSSR count). The van der Waals surface area contributed by atoms with Crippen molar-refractivity contribution in [2.45, 2.75) is 25.7 Å². The van der Waals surface area contributed by atoms with E-state index < -0.39 is 0 Å². The Morgan fingerprint density at radius 2 is 2.44 bits per heavy atom. The van der Waals surface area contributed by atoms with Crippen molar-refractivity contribution in [3.63, 3.8) is 0 Å². The summed E-state index contributed by atoms with van der Waals surface area (Å²) in [5, 5.41) is 3.47. The second-order valence-corrected chi connectivity index (χ2v) is 2.30. The molecule has 9 heavy (non-hydrogen) atoms. The molecule has 0 saturated heterocycles. The van der Waals surface area contributed by atoms with Gasteiger partial charge in [-0.05, 0) is 31.3 Å². The molecule has 0 heterocycles. The maximum Gasteiger partial charge on any atom is 0.0494 e. The molecular weight excluding hydrogens is 112 g/mol. The van der Waals surface area contributed by atoms with Crippen LogP contribution < -0.4 is 5.84 Å². The van der Waals surface area contributed by atoms with Gasteiger partial charge in [0.05, 0.1) is 0 Å². The van der Waals surface area contributed by atoms with Gasteiger partial charge in [0, 0.05) is 6.21 Å². The van der Waals surface area contributed by atoms with Crippen molar-refractivity contribution in [1.29, 1.82) is 0 Å². The van der Waals surface area contributed by atoms with Crippen molar-refractivity contribution < 1.29 is 0 Å². The molecule has 0 aromatic rings. The molecule has 0 spiro atoms. The number of hydrogen-bond acceptors (Lipinski definition) is 2. The van der Waals surface area contributed by atoms with Gasteiger partial charge in [0.1, 0.15) is 0 Å². The van der Waals surface area contributed by atoms with Crippen LogP contribution in [0.2, 0.25) is 0 Å². The molecule has 0 bridgehead atoms. The van der Waals surface area contributed by atoms with Crippen molar-refractivity contribution in [1.82, 2.24) is 0 Å². The first-order chi connectivity index (χ1) is 4.43. The number of hydrazone groups is 1. The highest BCUT2D eigenvalue weighted by Crippen LogP contribution is 2.14. The van der Waals surface area contributed by atoms with Gasteiger partial charge in [0.2, 0.25) is 0 Å². The fraction of sp³-hybridized carbons (Fsp3) is 0.571. The van der Waals surface area contributed by atoms with E-state index in [2.05, 4.69) is 11.2 Å². The topological polar surface area (TPSA) is 38.4 Å². The van der Waals surface area contributed by atoms with Gasteiger partial charge < -0.3 is 5.84 Å². The molecular formula is C7H12N2. The average molecular weight is 124 g/mol. The molecule has 0 aromatic heterocycles. The Balaban J connectivity index is 2.46. The Hall–Kier alpha value is -0.790. The third kappa shape index (κ3) is 1.88. The Kier molecular flexibility index (Phi) is 2.31. The smallest absolute Gasteiger partial charge is 0.0494 e. The monoisotopic (exact) mass is 124 g/mol. The Morgan fingerprint density at radius 3 is 3.00 bits per heavy atom. The van der Waals surface area contributed by atoms with Crippen LogP contribution >= 0.6 is 0 Å². The number of hydrogen-bond donors (Lipinski definition) is 1. The molecule has 0 atom stereocenters. The van der Waals surface area contributed by atoms with E-state index in [9.17, 15) is 0 Å². The molecule has 0 saturated carbocycles. The van der Waals surface area contributed by atoms with E-state index in [1.165, 1.54) is 24.8 Å². The average Bonchev–Trinajstić information content (AvgIpc) is 1.91. The zero-order valence-electron chi connectivity index (χ0n) is 5.51. The Labute approximate surface area is 55.4 Å². The third-order valence-electron chi connectivity index (χ3n) is 1.57. The van der Waals surface area contributed by atoms with Crippen LogP contribution in [0.5, 0.6) is 0 Å². The van der Waals surface area contributed by atoms with Gasteiger partial charge in [-0.25, -0.2) is 0 Å². The maximum absolute atomic E-state index is 4.99. The minimum absolute atomic E-state index is 1.15. The highest BCUT2D eigenvalue weighted by Gasteiger charge is 1.98. The summed E-state index contributed by atoms with van der Waals surface area (Å²) in [6.45, 7) is 0. The first-order valence-corrected chi connectivity index (χ1v) is 3.36. The van der Waals surface area contributed by atoms with Crippen molar-refractivity contribution in [2.75, 3.05) is 0 Å². The van der Waals surface area contributed by atoms with E-state index in [-0.39, 0.29) is 0 Å². The van der Waals surface area contributed by atoms with Crippen LogP contribution in [0, 0.1) is 0 Å². The molecule has 2 N–H and O–H groups in total. The number of nitrogens with two attached hydrogens (primary N) is 1. The normalized spacial score (nSPS) is 20.2. The molecule has 1 aliphatic rings. The molecule has 0 radical (unpaired) electrons. The summed E-state index contributed by atoms with van der Waals surface area (Å²) in [7, 11) is 0. The molecule has 0 aromatic carbocycles. The Bertz CT molecular complexity index is 136. The standard InChI is InChI=1S/C7H12N2/c8-9-6-7-4-2-1-3-5-7/h4,6H,1-3,5,8H2/b9-6-. The fourth-order valence-electron chi connectivity index (χ4n) is 1.08. The summed E-state index contributed by atoms with van der Waals surface area (Å²) in [4.78, 5) is 0. The third-order valence-corrected chi connectivity index (χ3v) is 1.57. The van der Waals surface area contributed by atoms with Crippen LogP contribution in [0.3, 0.4) is 0 Å². The van der Waals surface area contributed by atoms with Crippen molar-refractivity contribution in [2.24, 2.45) is 10.9 Å². The van der Waals surface area contributed by atoms with Crippen LogP contribution in [-0.4, -0.2) is 6.21 Å². The van der Waals surface area contributed by atoms with E-state index >= 15 is 0 Å². The summed E-state index contributed by atoms with van der Waals surface area (Å²) < 4.78 is 0. The summed E-state index contributed by atoms with van der Waals surface area (Å²) in [6, 6.07) is 0. The molecule has 50 valence electrons. The highest BCUT2D eigenvalue weighted by molar-refractivity contribution is 5.78. The lowest BCUT2D eigenvalue weighted by Crippen LogP contribution is -1.94. The van der Waals surface area contributed by atoms with E-state index in [0.29, 0.717) is 0 Å². The SMILES string of the molecule is N/N=C\C1=CCCCC1. The van der Waals surface area contributed by atoms with Gasteiger partial charge >= 0.3 is 0 Å². The zero-order chi connectivity index (χ0) is 6.53. The van der Waals surface area contributed by atoms with Crippen LogP contribution in [0.15, 0.2) is 16.8 Å². The van der Waals surface area contributed by atoms with Crippen LogP contribution in [0.4, 0.5) is 0 Å². The lowest BCUT2D eigenvalue weighted by molar-refractivity contribution is 0.718. The molecule has 1 aliphatic carbocycles. The second-order valence-electron chi connectivity index (χ2n) is 2.30. The van der Waals surface area contributed by atoms with Gasteiger partial charge in [0.25, 0.3) is 0 Å². The van der Waals surface area contributed by atoms with Gasteiger partial charge in [-0.2, -0.15) is 5.10 Å². The minimum atomic E-state index is 1.15. The largest absolute Gasteiger partial charge is 0.323 e. The predicted octanol–water partition coefficient (Wildman–Crippen LogP) is 1.43. The van der Waals surface area contributed by atoms with Crippen molar-refractivity contribution in [3.8, 4) is 0 Å². The molecule has 2 nitrogen and oxygen atoms in total. The van der Waals surface area contributed by atoms with E-state index in [1.54, 1.807) is 6.21 Å². The van der Waals surface area contributed by atoms with Gasteiger partial charge in [-0.3, -0.25) is 0 Å². The van der Waals surface area contributed by atoms with Crippen molar-refractivity contribution >= 4 is 6.21 Å². The predicted molar refractivity (Wildman–Crippen MR) is 39.2 cm³/mol. The Morgan fingerprint density at radius 1 is 1.56 bits per heavy atom. The summed E-state index contributed by atoms with van der Waals surface area (Å²) in [5.74, 6) is 4.99. The number of nitrogens with zero attached hydrogens (tertiary/aromatic N) is 1. The summed E-state index contributed by atoms with van der Waals surface area (Å²) >= 11 is 0. The zero-order valence-corrected chi connectivity index (χ0v) is 5.51. The van der Waals surface area contributed by atoms with Gasteiger partial charge in [-0.1, -0.05) is 6.08 Å². The fourth-order valence-corrected chi connectivity index (χ4v) is 1.08. The van der Waals surface area contributed by atoms with E-state index in [4.69, 9.17) is 5.84 Å². The molecule has 0 aliphatic heterocycles. The van der Waals surface area contributed by atoms with E-state index in [0.717, 1.165) is 6.42 Å². The summed E-state index contributed by atoms with van der Waals surface area (Å²) in [6.07, 6.45) is 8.92. The lowest BCUT2D eigenvalue weighted by Gasteiger charge is -2.06. The van der Waals surface area contributed by atoms with Crippen LogP contribution in [0.1, 0.15) is 25.7 Å². The quantitative estimate of drug-likeness (QED) is 0.320. The van der Waals surface area contributed by atoms with E-state index in [1.807, 2.05) is 0 Å². The van der Waals surface area contributed by atoms with Crippen molar-refractivity contribution in [3.05, 3.63) is 11.6 Å². The second kappa shape index (κ2) is 3.28. The molecule has 0 unspecified atom stereocenters. The number of allylic oxidation sites excluding steroid dienone is 2. The first kappa shape index (κ1) is 6.33. The lowest BCUT2D eigenvalue weighted by atomic mass is 10.0. The minimum Gasteiger partial charge on any atom is -0.323 e. The van der Waals surface area contributed by atoms with Crippen LogP contribution in [0.25, 0.3) is 0 Å². The van der Waals surface area contributed by atoms with Gasteiger partial charge in [0.15, 0.2) is 0 Å². The number of rotatable bonds is 1. The van der Waals surface area contributed by atoms with Crippen LogP contribution in [-0.2, 0) is 0 Å². The maximum atomic E-state index is 4.99. The molecule has 0 amide bonds. The molecule has 2 heteroatoms. The summed E-state index contributed by atoms with van der Waals surface area (Å²) in [5.41, 5.74) is 1.30. The first-order valence-electron chi connectivity index (χ1n) is 3.36. The molecule has 0 fully saturated rings.